The number of aliphatic hydroxyl groups is 1. The Balaban J connectivity index is 1.43. The molecule has 0 bridgehead atoms. The molecular weight excluding hydrogens is 788 g/mol. The van der Waals surface area contributed by atoms with Crippen LogP contribution in [0.4, 0.5) is 10.1 Å². The highest BCUT2D eigenvalue weighted by molar-refractivity contribution is 7.92. The quantitative estimate of drug-likeness (QED) is 0.159. The number of rotatable bonds is 9. The maximum Gasteiger partial charge on any atom is 0.245 e. The molecule has 0 saturated carbocycles. The molecule has 0 radical (unpaired) electrons. The topological polar surface area (TPSA) is 239 Å². The van der Waals surface area contributed by atoms with Gasteiger partial charge in [0, 0.05) is 43.0 Å². The van der Waals surface area contributed by atoms with Gasteiger partial charge < -0.3 is 41.6 Å². The Morgan fingerprint density at radius 2 is 1.69 bits per heavy atom. The summed E-state index contributed by atoms with van der Waals surface area (Å²) in [6.07, 6.45) is 2.30. The van der Waals surface area contributed by atoms with E-state index in [9.17, 15) is 46.7 Å². The number of nitrogens with one attached hydrogen (secondary N) is 6. The number of carbonyl (C=O) groups is 6. The molecular formula is C40H53FN8O9S. The smallest absolute Gasteiger partial charge is 0.245 e. The maximum absolute atomic E-state index is 14.2. The van der Waals surface area contributed by atoms with Gasteiger partial charge in [0.2, 0.25) is 45.5 Å². The van der Waals surface area contributed by atoms with Gasteiger partial charge in [-0.25, -0.2) is 12.8 Å². The molecule has 320 valence electrons. The zero-order chi connectivity index (χ0) is 43.0. The zero-order valence-corrected chi connectivity index (χ0v) is 34.3. The number of benzene rings is 2. The van der Waals surface area contributed by atoms with Crippen LogP contribution in [0.1, 0.15) is 58.4 Å². The third-order valence-corrected chi connectivity index (χ3v) is 11.5. The van der Waals surface area contributed by atoms with Gasteiger partial charge in [-0.1, -0.05) is 38.1 Å². The fraction of sp³-hybridized carbons (Fsp3) is 0.500. The lowest BCUT2D eigenvalue weighted by Crippen LogP contribution is -2.59. The van der Waals surface area contributed by atoms with E-state index in [2.05, 4.69) is 31.6 Å². The molecule has 2 fully saturated rings. The Morgan fingerprint density at radius 3 is 2.41 bits per heavy atom. The van der Waals surface area contributed by atoms with E-state index < -0.39 is 94.1 Å². The minimum atomic E-state index is -4.09. The molecule has 1 aromatic heterocycles. The summed E-state index contributed by atoms with van der Waals surface area (Å²) in [6.45, 7) is 4.33. The molecule has 2 aromatic carbocycles. The van der Waals surface area contributed by atoms with Gasteiger partial charge in [-0.3, -0.25) is 33.1 Å². The number of H-pyrrole nitrogens is 1. The SMILES string of the molecule is CC(C)C[C@H]1NC(=O)[C@H](Cc2c[nH]c3ccccc23)NC(=O)[C@@H](C)NC(=O)[C@@H](NC(=O)CN(c2cccc(F)c2)S(C)(=O)=O)CCCCNC(=O)[C@@H]2C[C@@H](O)CN2C1=O. The first kappa shape index (κ1) is 44.5. The summed E-state index contributed by atoms with van der Waals surface area (Å²) in [7, 11) is -4.09. The number of sulfonamides is 1. The first-order valence-electron chi connectivity index (χ1n) is 19.7. The van der Waals surface area contributed by atoms with Crippen molar-refractivity contribution in [2.24, 2.45) is 5.92 Å². The van der Waals surface area contributed by atoms with Crippen molar-refractivity contribution in [3.8, 4) is 0 Å². The summed E-state index contributed by atoms with van der Waals surface area (Å²) in [4.78, 5) is 87.2. The molecule has 2 saturated heterocycles. The van der Waals surface area contributed by atoms with Crippen molar-refractivity contribution in [3.05, 3.63) is 66.1 Å². The van der Waals surface area contributed by atoms with Gasteiger partial charge in [-0.15, -0.1) is 0 Å². The molecule has 3 aromatic rings. The maximum atomic E-state index is 14.2. The lowest BCUT2D eigenvalue weighted by molar-refractivity contribution is -0.142. The lowest BCUT2D eigenvalue weighted by Gasteiger charge is -2.30. The number of hydrogen-bond acceptors (Lipinski definition) is 9. The summed E-state index contributed by atoms with van der Waals surface area (Å²) >= 11 is 0. The largest absolute Gasteiger partial charge is 0.391 e. The first-order valence-corrected chi connectivity index (χ1v) is 21.5. The minimum Gasteiger partial charge on any atom is -0.391 e. The van der Waals surface area contributed by atoms with E-state index in [1.807, 2.05) is 38.1 Å². The minimum absolute atomic E-state index is 0.00411. The lowest BCUT2D eigenvalue weighted by atomic mass is 10.00. The number of anilines is 1. The zero-order valence-electron chi connectivity index (χ0n) is 33.5. The van der Waals surface area contributed by atoms with Crippen molar-refractivity contribution in [2.45, 2.75) is 95.6 Å². The molecule has 59 heavy (non-hydrogen) atoms. The van der Waals surface area contributed by atoms with Crippen LogP contribution in [-0.4, -0.2) is 121 Å². The van der Waals surface area contributed by atoms with E-state index in [0.717, 1.165) is 29.3 Å². The number of nitrogens with zero attached hydrogens (tertiary/aromatic N) is 2. The van der Waals surface area contributed by atoms with Gasteiger partial charge >= 0.3 is 0 Å². The highest BCUT2D eigenvalue weighted by Crippen LogP contribution is 2.23. The van der Waals surface area contributed by atoms with Crippen molar-refractivity contribution in [3.63, 3.8) is 0 Å². The summed E-state index contributed by atoms with van der Waals surface area (Å²) < 4.78 is 40.0. The third kappa shape index (κ3) is 11.8. The number of aromatic nitrogens is 1. The van der Waals surface area contributed by atoms with Crippen LogP contribution in [0.3, 0.4) is 0 Å². The average molecular weight is 841 g/mol. The Hall–Kier alpha value is -5.56. The molecule has 3 heterocycles. The molecule has 6 atom stereocenters. The van der Waals surface area contributed by atoms with Crippen LogP contribution in [0.5, 0.6) is 0 Å². The fourth-order valence-electron chi connectivity index (χ4n) is 7.35. The second-order valence-corrected chi connectivity index (χ2v) is 17.5. The van der Waals surface area contributed by atoms with Gasteiger partial charge in [0.1, 0.15) is 42.6 Å². The van der Waals surface area contributed by atoms with Crippen LogP contribution < -0.4 is 30.9 Å². The standard InChI is InChI=1S/C40H53FN8O9S/c1-23(2)16-33-40(56)48-21-28(50)19-34(48)39(55)42-15-8-7-14-31(45-35(51)22-49(59(4,57)58)27-11-9-10-26(41)18-27)37(53)44-24(3)36(52)46-32(38(54)47-33)17-25-20-43-30-13-6-5-12-29(25)30/h5-6,9-13,18,20,23-24,28,31-34,43,50H,7-8,14-17,19,21-22H2,1-4H3,(H,42,55)(H,44,53)(H,45,51)(H,46,52)(H,47,54)/t24-,28-,31+,32+,33-,34+/m1/s1. The molecule has 17 nitrogen and oxygen atoms in total. The van der Waals surface area contributed by atoms with E-state index in [-0.39, 0.29) is 56.8 Å². The Labute approximate surface area is 342 Å². The van der Waals surface area contributed by atoms with Crippen LogP contribution >= 0.6 is 0 Å². The Kier molecular flexibility index (Phi) is 14.7. The van der Waals surface area contributed by atoms with Crippen LogP contribution in [0.15, 0.2) is 54.7 Å². The van der Waals surface area contributed by atoms with Crippen LogP contribution in [0, 0.1) is 11.7 Å². The van der Waals surface area contributed by atoms with Crippen LogP contribution in [0.25, 0.3) is 10.9 Å². The monoisotopic (exact) mass is 840 g/mol. The van der Waals surface area contributed by atoms with Gasteiger partial charge in [-0.05, 0) is 68.4 Å². The highest BCUT2D eigenvalue weighted by Gasteiger charge is 2.42. The number of amides is 6. The van der Waals surface area contributed by atoms with Gasteiger partial charge in [0.25, 0.3) is 0 Å². The van der Waals surface area contributed by atoms with Crippen molar-refractivity contribution < 1.29 is 46.7 Å². The van der Waals surface area contributed by atoms with Crippen molar-refractivity contribution >= 4 is 62.1 Å². The summed E-state index contributed by atoms with van der Waals surface area (Å²) in [5, 5.41) is 24.8. The predicted octanol–water partition coefficient (Wildman–Crippen LogP) is 0.583. The molecule has 5 rings (SSSR count). The molecule has 7 N–H and O–H groups in total. The van der Waals surface area contributed by atoms with Crippen LogP contribution in [0.2, 0.25) is 0 Å². The van der Waals surface area contributed by atoms with E-state index in [0.29, 0.717) is 16.3 Å². The normalized spacial score (nSPS) is 24.3. The third-order valence-electron chi connectivity index (χ3n) is 10.3. The van der Waals surface area contributed by atoms with E-state index >= 15 is 0 Å². The van der Waals surface area contributed by atoms with Gasteiger partial charge in [0.05, 0.1) is 18.0 Å². The summed E-state index contributed by atoms with van der Waals surface area (Å²) in [5.74, 6) is -4.98. The number of fused-ring (bicyclic) bond motifs is 2. The summed E-state index contributed by atoms with van der Waals surface area (Å²) in [6, 6.07) is 6.12. The highest BCUT2D eigenvalue weighted by atomic mass is 32.2. The van der Waals surface area contributed by atoms with E-state index in [1.165, 1.54) is 24.0 Å². The van der Waals surface area contributed by atoms with Crippen molar-refractivity contribution in [1.82, 2.24) is 36.5 Å². The molecule has 19 heteroatoms. The fourth-order valence-corrected chi connectivity index (χ4v) is 8.20. The molecule has 0 spiro atoms. The molecule has 6 amide bonds. The average Bonchev–Trinajstić information content (AvgIpc) is 3.77. The number of hydrogen-bond donors (Lipinski definition) is 7. The van der Waals surface area contributed by atoms with E-state index in [1.54, 1.807) is 6.20 Å². The van der Waals surface area contributed by atoms with Crippen LogP contribution in [-0.2, 0) is 45.2 Å². The molecule has 0 unspecified atom stereocenters. The van der Waals surface area contributed by atoms with Gasteiger partial charge in [-0.2, -0.15) is 0 Å². The van der Waals surface area contributed by atoms with Crippen molar-refractivity contribution in [1.29, 1.82) is 0 Å². The van der Waals surface area contributed by atoms with E-state index in [4.69, 9.17) is 0 Å². The molecule has 2 aliphatic rings. The number of halogens is 1. The Morgan fingerprint density at radius 1 is 0.966 bits per heavy atom. The second kappa shape index (κ2) is 19.5. The number of aliphatic hydroxyl groups excluding tert-OH is 1. The van der Waals surface area contributed by atoms with Gasteiger partial charge in [0.15, 0.2) is 0 Å². The first-order chi connectivity index (χ1) is 27.9. The second-order valence-electron chi connectivity index (χ2n) is 15.6. The Bertz CT molecular complexity index is 2150. The van der Waals surface area contributed by atoms with Crippen molar-refractivity contribution in [2.75, 3.05) is 30.2 Å². The molecule has 0 aliphatic carbocycles. The number of carbonyl (C=O) groups excluding carboxylic acids is 6. The number of para-hydroxylation sites is 1. The molecule has 2 aliphatic heterocycles. The predicted molar refractivity (Wildman–Crippen MR) is 216 cm³/mol. The number of aromatic amines is 1. The summed E-state index contributed by atoms with van der Waals surface area (Å²) in [5.41, 5.74) is 1.37.